The summed E-state index contributed by atoms with van der Waals surface area (Å²) in [5.41, 5.74) is -0.918. The maximum absolute atomic E-state index is 12.2. The highest BCUT2D eigenvalue weighted by Gasteiger charge is 2.34. The highest BCUT2D eigenvalue weighted by molar-refractivity contribution is 14.1. The molecule has 0 amide bonds. The average molecular weight is 305 g/mol. The second-order valence-electron chi connectivity index (χ2n) is 2.29. The highest BCUT2D eigenvalue weighted by atomic mass is 127. The average Bonchev–Trinajstić information content (AvgIpc) is 2.02. The van der Waals surface area contributed by atoms with Crippen molar-refractivity contribution in [2.75, 3.05) is 0 Å². The van der Waals surface area contributed by atoms with E-state index in [2.05, 4.69) is 4.98 Å². The van der Waals surface area contributed by atoms with Gasteiger partial charge in [-0.2, -0.15) is 13.2 Å². The molecule has 0 aromatic carbocycles. The van der Waals surface area contributed by atoms with Crippen molar-refractivity contribution in [3.63, 3.8) is 0 Å². The van der Waals surface area contributed by atoms with Gasteiger partial charge in [-0.1, -0.05) is 0 Å². The van der Waals surface area contributed by atoms with Gasteiger partial charge in [-0.3, -0.25) is 4.98 Å². The molecule has 6 heteroatoms. The zero-order valence-corrected chi connectivity index (χ0v) is 8.36. The number of aromatic nitrogens is 1. The Labute approximate surface area is 85.3 Å². The minimum Gasteiger partial charge on any atom is -0.264 e. The summed E-state index contributed by atoms with van der Waals surface area (Å²) in [5.74, 6) is 0. The van der Waals surface area contributed by atoms with E-state index < -0.39 is 18.4 Å². The molecule has 0 aliphatic heterocycles. The Balaban J connectivity index is 3.24. The van der Waals surface area contributed by atoms with Crippen molar-refractivity contribution < 1.29 is 17.6 Å². The van der Waals surface area contributed by atoms with Crippen molar-refractivity contribution in [1.82, 2.24) is 4.98 Å². The van der Waals surface area contributed by atoms with E-state index in [0.29, 0.717) is 6.20 Å². The summed E-state index contributed by atoms with van der Waals surface area (Å²) in [4.78, 5) is 3.32. The van der Waals surface area contributed by atoms with Gasteiger partial charge in [0.15, 0.2) is 0 Å². The van der Waals surface area contributed by atoms with Crippen LogP contribution in [0.5, 0.6) is 0 Å². The van der Waals surface area contributed by atoms with E-state index >= 15 is 0 Å². The van der Waals surface area contributed by atoms with Gasteiger partial charge in [0.05, 0.1) is 5.56 Å². The fraction of sp³-hybridized carbons (Fsp3) is 0.286. The lowest BCUT2D eigenvalue weighted by atomic mass is 10.2. The number of halogens is 5. The fourth-order valence-electron chi connectivity index (χ4n) is 0.779. The van der Waals surface area contributed by atoms with Crippen LogP contribution in [0.2, 0.25) is 0 Å². The van der Waals surface area contributed by atoms with Crippen molar-refractivity contribution in [3.05, 3.63) is 27.1 Å². The van der Waals surface area contributed by atoms with Crippen LogP contribution in [-0.2, 0) is 12.9 Å². The Morgan fingerprint density at radius 2 is 1.92 bits per heavy atom. The van der Waals surface area contributed by atoms with Gasteiger partial charge in [0.2, 0.25) is 0 Å². The van der Waals surface area contributed by atoms with Crippen LogP contribution >= 0.6 is 22.6 Å². The van der Waals surface area contributed by atoms with Gasteiger partial charge in [-0.25, -0.2) is 4.39 Å². The monoisotopic (exact) mass is 305 g/mol. The normalized spacial score (nSPS) is 11.8. The summed E-state index contributed by atoms with van der Waals surface area (Å²) in [7, 11) is 0. The molecule has 0 spiro atoms. The molecule has 13 heavy (non-hydrogen) atoms. The number of alkyl halides is 4. The van der Waals surface area contributed by atoms with E-state index in [0.717, 1.165) is 6.20 Å². The van der Waals surface area contributed by atoms with Crippen molar-refractivity contribution >= 4 is 22.6 Å². The Hall–Kier alpha value is -0.400. The van der Waals surface area contributed by atoms with Gasteiger partial charge in [0, 0.05) is 21.5 Å². The van der Waals surface area contributed by atoms with Crippen molar-refractivity contribution in [2.24, 2.45) is 0 Å². The minimum atomic E-state index is -4.46. The van der Waals surface area contributed by atoms with Gasteiger partial charge in [-0.05, 0) is 22.6 Å². The van der Waals surface area contributed by atoms with Crippen molar-refractivity contribution in [1.29, 1.82) is 0 Å². The smallest absolute Gasteiger partial charge is 0.264 e. The lowest BCUT2D eigenvalue weighted by molar-refractivity contribution is -0.138. The maximum atomic E-state index is 12.2. The number of rotatable bonds is 1. The molecule has 1 heterocycles. The zero-order valence-electron chi connectivity index (χ0n) is 6.20. The van der Waals surface area contributed by atoms with Gasteiger partial charge in [0.25, 0.3) is 0 Å². The van der Waals surface area contributed by atoms with Crippen molar-refractivity contribution in [2.45, 2.75) is 12.9 Å². The molecule has 72 valence electrons. The van der Waals surface area contributed by atoms with Crippen LogP contribution in [0.3, 0.4) is 0 Å². The van der Waals surface area contributed by atoms with Crippen LogP contribution in [0.4, 0.5) is 17.6 Å². The summed E-state index contributed by atoms with van der Waals surface area (Å²) in [6.07, 6.45) is -2.67. The van der Waals surface area contributed by atoms with Gasteiger partial charge in [-0.15, -0.1) is 0 Å². The number of hydrogen-bond acceptors (Lipinski definition) is 1. The summed E-state index contributed by atoms with van der Waals surface area (Å²) in [6, 6.07) is 0. The molecule has 0 bridgehead atoms. The second-order valence-corrected chi connectivity index (χ2v) is 3.37. The molecule has 1 aromatic rings. The predicted molar refractivity (Wildman–Crippen MR) is 46.8 cm³/mol. The molecule has 0 atom stereocenters. The molecule has 0 radical (unpaired) electrons. The number of hydrogen-bond donors (Lipinski definition) is 0. The second kappa shape index (κ2) is 3.77. The van der Waals surface area contributed by atoms with Crippen molar-refractivity contribution in [3.8, 4) is 0 Å². The van der Waals surface area contributed by atoms with Crippen LogP contribution in [0.1, 0.15) is 11.1 Å². The largest absolute Gasteiger partial charge is 0.418 e. The van der Waals surface area contributed by atoms with E-state index in [-0.39, 0.29) is 9.13 Å². The SMILES string of the molecule is FCc1cncc(C(F)(F)F)c1I. The molecule has 1 nitrogen and oxygen atoms in total. The fourth-order valence-corrected chi connectivity index (χ4v) is 1.51. The lowest BCUT2D eigenvalue weighted by Gasteiger charge is -2.09. The molecule has 0 saturated heterocycles. The third-order valence-corrected chi connectivity index (χ3v) is 2.68. The quantitative estimate of drug-likeness (QED) is 0.574. The Kier molecular flexibility index (Phi) is 3.09. The number of pyridine rings is 1. The topological polar surface area (TPSA) is 12.9 Å². The van der Waals surface area contributed by atoms with Gasteiger partial charge < -0.3 is 0 Å². The third kappa shape index (κ3) is 2.29. The van der Waals surface area contributed by atoms with E-state index in [1.807, 2.05) is 0 Å². The Bertz CT molecular complexity index is 310. The van der Waals surface area contributed by atoms with Crippen LogP contribution in [-0.4, -0.2) is 4.98 Å². The van der Waals surface area contributed by atoms with E-state index in [4.69, 9.17) is 0 Å². The first-order valence-electron chi connectivity index (χ1n) is 3.22. The Morgan fingerprint density at radius 1 is 1.31 bits per heavy atom. The molecule has 0 fully saturated rings. The summed E-state index contributed by atoms with van der Waals surface area (Å²) < 4.78 is 48.6. The van der Waals surface area contributed by atoms with Crippen LogP contribution in [0.15, 0.2) is 12.4 Å². The lowest BCUT2D eigenvalue weighted by Crippen LogP contribution is -2.09. The molecular weight excluding hydrogens is 301 g/mol. The summed E-state index contributed by atoms with van der Waals surface area (Å²) in [6.45, 7) is -0.935. The standard InChI is InChI=1S/C7H4F4IN/c8-1-4-2-13-3-5(6(4)12)7(9,10)11/h2-3H,1H2. The molecule has 1 aromatic heterocycles. The molecule has 1 rings (SSSR count). The van der Waals surface area contributed by atoms with Gasteiger partial charge in [0.1, 0.15) is 6.67 Å². The Morgan fingerprint density at radius 3 is 2.38 bits per heavy atom. The highest BCUT2D eigenvalue weighted by Crippen LogP contribution is 2.33. The molecule has 0 N–H and O–H groups in total. The van der Waals surface area contributed by atoms with E-state index in [1.54, 1.807) is 0 Å². The molecule has 0 aliphatic carbocycles. The van der Waals surface area contributed by atoms with Crippen LogP contribution in [0.25, 0.3) is 0 Å². The number of nitrogens with zero attached hydrogens (tertiary/aromatic N) is 1. The van der Waals surface area contributed by atoms with E-state index in [1.165, 1.54) is 22.6 Å². The van der Waals surface area contributed by atoms with Gasteiger partial charge >= 0.3 is 6.18 Å². The molecule has 0 unspecified atom stereocenters. The minimum absolute atomic E-state index is 0.0320. The third-order valence-electron chi connectivity index (χ3n) is 1.40. The molecular formula is C7H4F4IN. The summed E-state index contributed by atoms with van der Waals surface area (Å²) in [5, 5.41) is 0. The van der Waals surface area contributed by atoms with Crippen LogP contribution in [0, 0.1) is 3.57 Å². The predicted octanol–water partition coefficient (Wildman–Crippen LogP) is 3.17. The zero-order chi connectivity index (χ0) is 10.1. The molecule has 0 aliphatic rings. The first kappa shape index (κ1) is 10.7. The van der Waals surface area contributed by atoms with E-state index in [9.17, 15) is 17.6 Å². The maximum Gasteiger partial charge on any atom is 0.418 e. The summed E-state index contributed by atoms with van der Waals surface area (Å²) >= 11 is 1.47. The van der Waals surface area contributed by atoms with Crippen LogP contribution < -0.4 is 0 Å². The first-order chi connectivity index (χ1) is 5.96. The molecule has 0 saturated carbocycles. The first-order valence-corrected chi connectivity index (χ1v) is 4.30.